The van der Waals surface area contributed by atoms with E-state index in [1.807, 2.05) is 0 Å². The van der Waals surface area contributed by atoms with Crippen molar-refractivity contribution in [1.82, 2.24) is 0 Å². The third-order valence-corrected chi connectivity index (χ3v) is 3.96. The fourth-order valence-corrected chi connectivity index (χ4v) is 3.03. The average Bonchev–Trinajstić information content (AvgIpc) is 2.89. The van der Waals surface area contributed by atoms with E-state index >= 15 is 0 Å². The summed E-state index contributed by atoms with van der Waals surface area (Å²) >= 11 is 0. The Kier molecular flexibility index (Phi) is 2.23. The number of carbonyl (C=O) groups excluding carboxylic acids is 1. The molecule has 4 rings (SSSR count). The van der Waals surface area contributed by atoms with Crippen molar-refractivity contribution in [2.45, 2.75) is 17.9 Å². The Balaban J connectivity index is 1.96. The molecule has 2 heterocycles. The van der Waals surface area contributed by atoms with E-state index in [0.29, 0.717) is 6.61 Å². The van der Waals surface area contributed by atoms with Crippen molar-refractivity contribution in [2.75, 3.05) is 13.7 Å². The maximum atomic E-state index is 12.9. The summed E-state index contributed by atoms with van der Waals surface area (Å²) in [5.74, 6) is -0.740. The van der Waals surface area contributed by atoms with Gasteiger partial charge in [-0.2, -0.15) is 0 Å². The molecule has 90 valence electrons. The summed E-state index contributed by atoms with van der Waals surface area (Å²) in [7, 11) is 1.39. The zero-order valence-electron chi connectivity index (χ0n) is 9.48. The second-order valence-corrected chi connectivity index (χ2v) is 4.72. The number of esters is 1. The first-order chi connectivity index (χ1) is 8.17. The normalized spacial score (nSPS) is 34.2. The molecule has 2 aliphatic heterocycles. The molecule has 3 fully saturated rings. The number of benzene rings is 1. The monoisotopic (exact) mass is 236 g/mol. The standard InChI is InChI=1S/C13H13FO3/c1-16-12(15)11-10-6-13(11,7-17-10)8-2-4-9(14)5-3-8/h2-5,10-11H,6-7H2,1H3. The molecule has 3 atom stereocenters. The van der Waals surface area contributed by atoms with Gasteiger partial charge in [-0.15, -0.1) is 0 Å². The van der Waals surface area contributed by atoms with E-state index in [9.17, 15) is 9.18 Å². The summed E-state index contributed by atoms with van der Waals surface area (Å²) in [5.41, 5.74) is 0.661. The summed E-state index contributed by atoms with van der Waals surface area (Å²) < 4.78 is 23.3. The van der Waals surface area contributed by atoms with E-state index in [0.717, 1.165) is 12.0 Å². The summed E-state index contributed by atoms with van der Waals surface area (Å²) in [5, 5.41) is 0. The molecule has 2 saturated heterocycles. The van der Waals surface area contributed by atoms with Crippen LogP contribution < -0.4 is 0 Å². The number of methoxy groups -OCH3 is 1. The molecule has 3 nitrogen and oxygen atoms in total. The molecular formula is C13H13FO3. The fraction of sp³-hybridized carbons (Fsp3) is 0.462. The Morgan fingerprint density at radius 2 is 2.18 bits per heavy atom. The quantitative estimate of drug-likeness (QED) is 0.732. The van der Waals surface area contributed by atoms with Crippen LogP contribution in [0.25, 0.3) is 0 Å². The van der Waals surface area contributed by atoms with Crippen molar-refractivity contribution in [1.29, 1.82) is 0 Å². The highest BCUT2D eigenvalue weighted by molar-refractivity contribution is 5.78. The topological polar surface area (TPSA) is 35.5 Å². The lowest BCUT2D eigenvalue weighted by atomic mass is 9.57. The van der Waals surface area contributed by atoms with Crippen molar-refractivity contribution in [3.05, 3.63) is 35.6 Å². The molecular weight excluding hydrogens is 223 g/mol. The van der Waals surface area contributed by atoms with Crippen LogP contribution in [-0.2, 0) is 19.7 Å². The fourth-order valence-electron chi connectivity index (χ4n) is 3.03. The van der Waals surface area contributed by atoms with Gasteiger partial charge >= 0.3 is 5.97 Å². The third kappa shape index (κ3) is 1.33. The van der Waals surface area contributed by atoms with E-state index in [1.165, 1.54) is 19.2 Å². The largest absolute Gasteiger partial charge is 0.469 e. The molecule has 0 amide bonds. The highest BCUT2D eigenvalue weighted by Crippen LogP contribution is 2.56. The van der Waals surface area contributed by atoms with Gasteiger partial charge in [0.1, 0.15) is 5.82 Å². The van der Waals surface area contributed by atoms with Crippen LogP contribution in [0.3, 0.4) is 0 Å². The third-order valence-electron chi connectivity index (χ3n) is 3.96. The van der Waals surface area contributed by atoms with Crippen LogP contribution in [0.4, 0.5) is 4.39 Å². The number of fused-ring (bicyclic) bond motifs is 1. The lowest BCUT2D eigenvalue weighted by molar-refractivity contribution is -0.154. The molecule has 0 N–H and O–H groups in total. The van der Waals surface area contributed by atoms with Crippen molar-refractivity contribution in [3.63, 3.8) is 0 Å². The highest BCUT2D eigenvalue weighted by Gasteiger charge is 2.65. The number of halogens is 1. The average molecular weight is 236 g/mol. The number of hydrogen-bond acceptors (Lipinski definition) is 3. The summed E-state index contributed by atoms with van der Waals surface area (Å²) in [6.45, 7) is 0.517. The Labute approximate surface area is 98.5 Å². The van der Waals surface area contributed by atoms with Crippen LogP contribution in [0.2, 0.25) is 0 Å². The minimum atomic E-state index is -0.300. The van der Waals surface area contributed by atoms with Gasteiger partial charge < -0.3 is 9.47 Å². The van der Waals surface area contributed by atoms with Crippen molar-refractivity contribution < 1.29 is 18.7 Å². The first kappa shape index (κ1) is 10.7. The van der Waals surface area contributed by atoms with Crippen LogP contribution >= 0.6 is 0 Å². The van der Waals surface area contributed by atoms with Crippen molar-refractivity contribution in [3.8, 4) is 0 Å². The van der Waals surface area contributed by atoms with Gasteiger partial charge in [-0.25, -0.2) is 4.39 Å². The smallest absolute Gasteiger partial charge is 0.312 e. The van der Waals surface area contributed by atoms with E-state index in [4.69, 9.17) is 9.47 Å². The van der Waals surface area contributed by atoms with Crippen LogP contribution in [-0.4, -0.2) is 25.8 Å². The molecule has 2 bridgehead atoms. The van der Waals surface area contributed by atoms with Crippen LogP contribution in [0.1, 0.15) is 12.0 Å². The lowest BCUT2D eigenvalue weighted by Gasteiger charge is -2.43. The van der Waals surface area contributed by atoms with E-state index in [-0.39, 0.29) is 29.2 Å². The molecule has 1 saturated carbocycles. The zero-order valence-corrected chi connectivity index (χ0v) is 9.48. The van der Waals surface area contributed by atoms with Gasteiger partial charge in [0, 0.05) is 5.41 Å². The van der Waals surface area contributed by atoms with Gasteiger partial charge in [-0.3, -0.25) is 4.79 Å². The van der Waals surface area contributed by atoms with Gasteiger partial charge in [-0.1, -0.05) is 12.1 Å². The maximum absolute atomic E-state index is 12.9. The van der Waals surface area contributed by atoms with Gasteiger partial charge in [0.15, 0.2) is 0 Å². The van der Waals surface area contributed by atoms with Gasteiger partial charge in [0.2, 0.25) is 0 Å². The Bertz CT molecular complexity index is 452. The molecule has 4 heteroatoms. The second-order valence-electron chi connectivity index (χ2n) is 4.72. The molecule has 1 aliphatic carbocycles. The lowest BCUT2D eigenvalue weighted by Crippen LogP contribution is -2.52. The molecule has 0 radical (unpaired) electrons. The summed E-state index contributed by atoms with van der Waals surface area (Å²) in [4.78, 5) is 11.7. The van der Waals surface area contributed by atoms with Crippen molar-refractivity contribution in [2.24, 2.45) is 5.92 Å². The van der Waals surface area contributed by atoms with Crippen molar-refractivity contribution >= 4 is 5.97 Å². The SMILES string of the molecule is COC(=O)C1C2CC1(c1ccc(F)cc1)CO2. The van der Waals surface area contributed by atoms with Gasteiger partial charge in [0.25, 0.3) is 0 Å². The molecule has 1 aromatic carbocycles. The number of ether oxygens (including phenoxy) is 2. The maximum Gasteiger partial charge on any atom is 0.312 e. The Hall–Kier alpha value is -1.42. The van der Waals surface area contributed by atoms with Gasteiger partial charge in [0.05, 0.1) is 25.7 Å². The first-order valence-electron chi connectivity index (χ1n) is 5.63. The molecule has 3 unspecified atom stereocenters. The molecule has 0 aromatic heterocycles. The molecule has 1 aromatic rings. The highest BCUT2D eigenvalue weighted by atomic mass is 19.1. The Morgan fingerprint density at radius 1 is 1.47 bits per heavy atom. The Morgan fingerprint density at radius 3 is 2.76 bits per heavy atom. The van der Waals surface area contributed by atoms with Crippen LogP contribution in [0.15, 0.2) is 24.3 Å². The number of carbonyl (C=O) groups is 1. The number of hydrogen-bond donors (Lipinski definition) is 0. The molecule has 0 spiro atoms. The second kappa shape index (κ2) is 3.53. The number of rotatable bonds is 2. The van der Waals surface area contributed by atoms with Crippen LogP contribution in [0, 0.1) is 11.7 Å². The summed E-state index contributed by atoms with van der Waals surface area (Å²) in [6, 6.07) is 6.31. The van der Waals surface area contributed by atoms with E-state index < -0.39 is 0 Å². The zero-order chi connectivity index (χ0) is 12.0. The predicted molar refractivity (Wildman–Crippen MR) is 57.9 cm³/mol. The molecule has 3 aliphatic rings. The minimum absolute atomic E-state index is 0.0347. The summed E-state index contributed by atoms with van der Waals surface area (Å²) in [6.07, 6.45) is 0.783. The predicted octanol–water partition coefficient (Wildman–Crippen LogP) is 1.66. The molecule has 17 heavy (non-hydrogen) atoms. The van der Waals surface area contributed by atoms with E-state index in [1.54, 1.807) is 12.1 Å². The first-order valence-corrected chi connectivity index (χ1v) is 5.63. The van der Waals surface area contributed by atoms with Crippen LogP contribution in [0.5, 0.6) is 0 Å². The van der Waals surface area contributed by atoms with Gasteiger partial charge in [-0.05, 0) is 24.1 Å². The van der Waals surface area contributed by atoms with E-state index in [2.05, 4.69) is 0 Å². The minimum Gasteiger partial charge on any atom is -0.469 e.